The number of aliphatic carboxylic acids is 1. The minimum absolute atomic E-state index is 0.0130. The van der Waals surface area contributed by atoms with E-state index in [0.717, 1.165) is 25.3 Å². The molecule has 0 aromatic carbocycles. The van der Waals surface area contributed by atoms with E-state index in [1.807, 2.05) is 28.4 Å². The largest absolute Gasteiger partial charge is 0.481 e. The van der Waals surface area contributed by atoms with Gasteiger partial charge in [-0.2, -0.15) is 23.5 Å². The summed E-state index contributed by atoms with van der Waals surface area (Å²) >= 11 is 3.90. The maximum atomic E-state index is 12.1. The third-order valence-electron chi connectivity index (χ3n) is 3.71. The van der Waals surface area contributed by atoms with Crippen molar-refractivity contribution in [2.45, 2.75) is 24.5 Å². The van der Waals surface area contributed by atoms with Crippen molar-refractivity contribution in [1.29, 1.82) is 0 Å². The van der Waals surface area contributed by atoms with Crippen LogP contribution >= 0.6 is 23.5 Å². The lowest BCUT2D eigenvalue weighted by molar-refractivity contribution is -0.137. The summed E-state index contributed by atoms with van der Waals surface area (Å²) in [7, 11) is 0. The number of urea groups is 1. The molecule has 114 valence electrons. The first kappa shape index (κ1) is 15.8. The van der Waals surface area contributed by atoms with Gasteiger partial charge < -0.3 is 15.3 Å². The van der Waals surface area contributed by atoms with Crippen LogP contribution in [0.2, 0.25) is 0 Å². The van der Waals surface area contributed by atoms with Gasteiger partial charge in [-0.15, -0.1) is 0 Å². The van der Waals surface area contributed by atoms with Gasteiger partial charge in [-0.25, -0.2) is 4.79 Å². The van der Waals surface area contributed by atoms with Crippen LogP contribution in [-0.2, 0) is 4.79 Å². The monoisotopic (exact) mass is 318 g/mol. The Hall–Kier alpha value is -0.560. The number of carboxylic acid groups (broad SMARTS) is 1. The van der Waals surface area contributed by atoms with Crippen LogP contribution in [0, 0.1) is 5.92 Å². The molecule has 2 unspecified atom stereocenters. The number of carboxylic acids is 1. The zero-order valence-electron chi connectivity index (χ0n) is 11.5. The SMILES string of the molecule is O=C(O)CCC1CCN(C(=O)NCC2CSCCS2)C1. The number of thioether (sulfide) groups is 2. The molecule has 0 aromatic heterocycles. The first-order valence-corrected chi connectivity index (χ1v) is 9.29. The smallest absolute Gasteiger partial charge is 0.317 e. The summed E-state index contributed by atoms with van der Waals surface area (Å²) in [6.07, 6.45) is 1.80. The highest BCUT2D eigenvalue weighted by atomic mass is 32.2. The van der Waals surface area contributed by atoms with Gasteiger partial charge in [0.2, 0.25) is 0 Å². The Labute approximate surface area is 128 Å². The molecule has 0 aliphatic carbocycles. The molecular formula is C13H22N2O3S2. The number of nitrogens with one attached hydrogen (secondary N) is 1. The lowest BCUT2D eigenvalue weighted by Gasteiger charge is -2.23. The number of carbonyl (C=O) groups is 2. The first-order chi connectivity index (χ1) is 9.65. The fourth-order valence-corrected chi connectivity index (χ4v) is 5.16. The number of amides is 2. The standard InChI is InChI=1S/C13H22N2O3S2/c16-12(17)2-1-10-3-4-15(8-10)13(18)14-7-11-9-19-5-6-20-11/h10-11H,1-9H2,(H,14,18)(H,16,17). The fourth-order valence-electron chi connectivity index (χ4n) is 2.55. The van der Waals surface area contributed by atoms with Crippen LogP contribution < -0.4 is 5.32 Å². The van der Waals surface area contributed by atoms with Gasteiger partial charge in [-0.3, -0.25) is 4.79 Å². The summed E-state index contributed by atoms with van der Waals surface area (Å²) in [6.45, 7) is 2.20. The van der Waals surface area contributed by atoms with Gasteiger partial charge in [0.1, 0.15) is 0 Å². The van der Waals surface area contributed by atoms with E-state index >= 15 is 0 Å². The summed E-state index contributed by atoms with van der Waals surface area (Å²) < 4.78 is 0. The van der Waals surface area contributed by atoms with Gasteiger partial charge in [-0.05, 0) is 18.8 Å². The molecule has 2 atom stereocenters. The zero-order chi connectivity index (χ0) is 14.4. The third kappa shape index (κ3) is 5.09. The molecule has 0 saturated carbocycles. The Kier molecular flexibility index (Phi) is 6.35. The molecule has 2 N–H and O–H groups in total. The Morgan fingerprint density at radius 1 is 1.35 bits per heavy atom. The zero-order valence-corrected chi connectivity index (χ0v) is 13.2. The predicted octanol–water partition coefficient (Wildman–Crippen LogP) is 1.73. The maximum absolute atomic E-state index is 12.1. The van der Waals surface area contributed by atoms with E-state index in [2.05, 4.69) is 5.32 Å². The quantitative estimate of drug-likeness (QED) is 0.808. The number of carbonyl (C=O) groups excluding carboxylic acids is 1. The Balaban J connectivity index is 1.64. The number of hydrogen-bond acceptors (Lipinski definition) is 4. The third-order valence-corrected chi connectivity index (χ3v) is 6.55. The van der Waals surface area contributed by atoms with Gasteiger partial charge in [-0.1, -0.05) is 0 Å². The van der Waals surface area contributed by atoms with Crippen LogP contribution in [0.1, 0.15) is 19.3 Å². The van der Waals surface area contributed by atoms with E-state index in [-0.39, 0.29) is 12.5 Å². The van der Waals surface area contributed by atoms with Crippen LogP contribution in [0.4, 0.5) is 4.79 Å². The lowest BCUT2D eigenvalue weighted by atomic mass is 10.0. The van der Waals surface area contributed by atoms with E-state index in [1.165, 1.54) is 11.5 Å². The second-order valence-electron chi connectivity index (χ2n) is 5.29. The van der Waals surface area contributed by atoms with E-state index in [1.54, 1.807) is 0 Å². The number of hydrogen-bond donors (Lipinski definition) is 2. The van der Waals surface area contributed by atoms with Gasteiger partial charge in [0, 0.05) is 48.6 Å². The van der Waals surface area contributed by atoms with Crippen molar-refractivity contribution in [1.82, 2.24) is 10.2 Å². The van der Waals surface area contributed by atoms with Gasteiger partial charge in [0.25, 0.3) is 0 Å². The molecule has 20 heavy (non-hydrogen) atoms. The molecular weight excluding hydrogens is 296 g/mol. The molecule has 0 spiro atoms. The summed E-state index contributed by atoms with van der Waals surface area (Å²) in [5.74, 6) is 3.10. The number of nitrogens with zero attached hydrogens (tertiary/aromatic N) is 1. The summed E-state index contributed by atoms with van der Waals surface area (Å²) in [5, 5.41) is 12.2. The summed E-state index contributed by atoms with van der Waals surface area (Å²) in [6, 6.07) is 0.0130. The van der Waals surface area contributed by atoms with Crippen LogP contribution in [0.25, 0.3) is 0 Å². The average Bonchev–Trinajstić information content (AvgIpc) is 2.92. The highest BCUT2D eigenvalue weighted by Crippen LogP contribution is 2.24. The molecule has 2 aliphatic heterocycles. The Morgan fingerprint density at radius 2 is 2.20 bits per heavy atom. The normalized spacial score (nSPS) is 26.5. The van der Waals surface area contributed by atoms with E-state index in [9.17, 15) is 9.59 Å². The van der Waals surface area contributed by atoms with Crippen molar-refractivity contribution in [3.8, 4) is 0 Å². The van der Waals surface area contributed by atoms with Crippen LogP contribution in [0.5, 0.6) is 0 Å². The lowest BCUT2D eigenvalue weighted by Crippen LogP contribution is -2.42. The van der Waals surface area contributed by atoms with Gasteiger partial charge in [0.15, 0.2) is 0 Å². The predicted molar refractivity (Wildman–Crippen MR) is 83.5 cm³/mol. The van der Waals surface area contributed by atoms with Crippen molar-refractivity contribution in [2.24, 2.45) is 5.92 Å². The average molecular weight is 318 g/mol. The number of rotatable bonds is 5. The van der Waals surface area contributed by atoms with Gasteiger partial charge in [0.05, 0.1) is 0 Å². The highest BCUT2D eigenvalue weighted by molar-refractivity contribution is 8.06. The summed E-state index contributed by atoms with van der Waals surface area (Å²) in [4.78, 5) is 24.4. The van der Waals surface area contributed by atoms with E-state index in [4.69, 9.17) is 5.11 Å². The molecule has 7 heteroatoms. The molecule has 0 bridgehead atoms. The van der Waals surface area contributed by atoms with Crippen LogP contribution in [0.3, 0.4) is 0 Å². The van der Waals surface area contributed by atoms with Crippen molar-refractivity contribution >= 4 is 35.5 Å². The van der Waals surface area contributed by atoms with Crippen molar-refractivity contribution in [3.63, 3.8) is 0 Å². The molecule has 2 aliphatic rings. The molecule has 0 radical (unpaired) electrons. The molecule has 5 nitrogen and oxygen atoms in total. The van der Waals surface area contributed by atoms with Crippen LogP contribution in [-0.4, -0.2) is 64.1 Å². The highest BCUT2D eigenvalue weighted by Gasteiger charge is 2.27. The van der Waals surface area contributed by atoms with E-state index < -0.39 is 5.97 Å². The minimum Gasteiger partial charge on any atom is -0.481 e. The van der Waals surface area contributed by atoms with Gasteiger partial charge >= 0.3 is 12.0 Å². The Morgan fingerprint density at radius 3 is 2.90 bits per heavy atom. The van der Waals surface area contributed by atoms with Crippen molar-refractivity contribution < 1.29 is 14.7 Å². The van der Waals surface area contributed by atoms with Crippen LogP contribution in [0.15, 0.2) is 0 Å². The minimum atomic E-state index is -0.750. The molecule has 2 heterocycles. The molecule has 2 saturated heterocycles. The molecule has 2 amide bonds. The van der Waals surface area contributed by atoms with Crippen molar-refractivity contribution in [3.05, 3.63) is 0 Å². The second kappa shape index (κ2) is 8.02. The number of likely N-dealkylation sites (tertiary alicyclic amines) is 1. The fraction of sp³-hybridized carbons (Fsp3) is 0.846. The first-order valence-electron chi connectivity index (χ1n) is 7.09. The molecule has 2 rings (SSSR count). The molecule has 2 fully saturated rings. The summed E-state index contributed by atoms with van der Waals surface area (Å²) in [5.41, 5.74) is 0. The van der Waals surface area contributed by atoms with E-state index in [0.29, 0.717) is 24.1 Å². The topological polar surface area (TPSA) is 69.6 Å². The Bertz CT molecular complexity index is 349. The maximum Gasteiger partial charge on any atom is 0.317 e. The second-order valence-corrected chi connectivity index (χ2v) is 7.84. The van der Waals surface area contributed by atoms with Crippen molar-refractivity contribution in [2.75, 3.05) is 36.9 Å². The molecule has 0 aromatic rings.